The lowest BCUT2D eigenvalue weighted by atomic mass is 9.88. The van der Waals surface area contributed by atoms with Crippen molar-refractivity contribution in [1.29, 1.82) is 5.26 Å². The third-order valence-corrected chi connectivity index (χ3v) is 4.39. The summed E-state index contributed by atoms with van der Waals surface area (Å²) in [5.41, 5.74) is 0.498. The molecule has 0 unspecified atom stereocenters. The largest absolute Gasteiger partial charge is 0.338 e. The topological polar surface area (TPSA) is 86.1 Å². The number of likely N-dealkylation sites (tertiary alicyclic amines) is 1. The fourth-order valence-electron chi connectivity index (χ4n) is 3.07. The Kier molecular flexibility index (Phi) is 6.93. The smallest absolute Gasteiger partial charge is 0.317 e. The minimum Gasteiger partial charge on any atom is -0.338 e. The molecule has 0 spiro atoms. The Hall–Kier alpha value is -2.42. The molecule has 0 aliphatic carbocycles. The molecule has 1 aromatic heterocycles. The van der Waals surface area contributed by atoms with Gasteiger partial charge in [0.05, 0.1) is 11.8 Å². The Balaban J connectivity index is 1.92. The molecule has 1 N–H and O–H groups in total. The monoisotopic (exact) mass is 342 g/mol. The minimum atomic E-state index is -0.827. The number of Topliss-reactive ketones (excluding diaryl/α,β-unsaturated/α-hetero) is 1. The molecule has 0 aromatic carbocycles. The van der Waals surface area contributed by atoms with Gasteiger partial charge in [-0.1, -0.05) is 19.9 Å². The van der Waals surface area contributed by atoms with Crippen molar-refractivity contribution in [2.24, 2.45) is 11.8 Å². The summed E-state index contributed by atoms with van der Waals surface area (Å²) in [6.07, 6.45) is 3.69. The van der Waals surface area contributed by atoms with Crippen molar-refractivity contribution in [2.75, 3.05) is 19.6 Å². The first-order chi connectivity index (χ1) is 12.0. The Labute approximate surface area is 149 Å². The molecule has 0 bridgehead atoms. The van der Waals surface area contributed by atoms with E-state index < -0.39 is 5.92 Å². The predicted octanol–water partition coefficient (Wildman–Crippen LogP) is 2.73. The number of carbonyl (C=O) groups excluding carboxylic acids is 2. The van der Waals surface area contributed by atoms with Crippen molar-refractivity contribution in [3.05, 3.63) is 30.1 Å². The van der Waals surface area contributed by atoms with Crippen LogP contribution in [0.2, 0.25) is 0 Å². The highest BCUT2D eigenvalue weighted by Gasteiger charge is 2.29. The van der Waals surface area contributed by atoms with Gasteiger partial charge in [0.1, 0.15) is 5.92 Å². The first kappa shape index (κ1) is 18.9. The summed E-state index contributed by atoms with van der Waals surface area (Å²) < 4.78 is 0. The fourth-order valence-corrected chi connectivity index (χ4v) is 3.07. The molecule has 1 aliphatic rings. The molecule has 6 nitrogen and oxygen atoms in total. The maximum Gasteiger partial charge on any atom is 0.317 e. The van der Waals surface area contributed by atoms with Gasteiger partial charge in [-0.15, -0.1) is 0 Å². The van der Waals surface area contributed by atoms with Gasteiger partial charge in [-0.05, 0) is 36.8 Å². The Morgan fingerprint density at radius 3 is 2.88 bits per heavy atom. The van der Waals surface area contributed by atoms with Crippen LogP contribution in [0.5, 0.6) is 0 Å². The molecule has 2 heterocycles. The summed E-state index contributed by atoms with van der Waals surface area (Å²) in [4.78, 5) is 30.7. The SMILES string of the molecule is CC(C)CNC(=O)N1CCC[C@H](CC(=O)[C@H](C#N)c2ccccn2)C1. The number of rotatable bonds is 6. The van der Waals surface area contributed by atoms with Crippen LogP contribution in [0.3, 0.4) is 0 Å². The van der Waals surface area contributed by atoms with Crippen LogP contribution in [0.4, 0.5) is 4.79 Å². The number of piperidine rings is 1. The van der Waals surface area contributed by atoms with E-state index in [0.29, 0.717) is 31.1 Å². The average Bonchev–Trinajstić information content (AvgIpc) is 2.61. The summed E-state index contributed by atoms with van der Waals surface area (Å²) in [6.45, 7) is 6.04. The van der Waals surface area contributed by atoms with Gasteiger partial charge in [-0.25, -0.2) is 4.79 Å². The van der Waals surface area contributed by atoms with Crippen LogP contribution in [0.15, 0.2) is 24.4 Å². The van der Waals surface area contributed by atoms with Gasteiger partial charge >= 0.3 is 6.03 Å². The van der Waals surface area contributed by atoms with Crippen LogP contribution in [-0.4, -0.2) is 41.3 Å². The van der Waals surface area contributed by atoms with E-state index in [2.05, 4.69) is 30.2 Å². The van der Waals surface area contributed by atoms with Crippen LogP contribution in [0.25, 0.3) is 0 Å². The van der Waals surface area contributed by atoms with E-state index in [4.69, 9.17) is 0 Å². The highest BCUT2D eigenvalue weighted by atomic mass is 16.2. The number of pyridine rings is 1. The summed E-state index contributed by atoms with van der Waals surface area (Å²) in [5, 5.41) is 12.3. The summed E-state index contributed by atoms with van der Waals surface area (Å²) in [5.74, 6) is -0.437. The highest BCUT2D eigenvalue weighted by molar-refractivity contribution is 5.88. The second-order valence-corrected chi connectivity index (χ2v) is 7.02. The zero-order chi connectivity index (χ0) is 18.2. The molecular weight excluding hydrogens is 316 g/mol. The number of nitrogens with one attached hydrogen (secondary N) is 1. The van der Waals surface area contributed by atoms with Gasteiger partial charge in [-0.2, -0.15) is 5.26 Å². The van der Waals surface area contributed by atoms with E-state index in [-0.39, 0.29) is 17.7 Å². The van der Waals surface area contributed by atoms with E-state index >= 15 is 0 Å². The van der Waals surface area contributed by atoms with Gasteiger partial charge in [-0.3, -0.25) is 9.78 Å². The average molecular weight is 342 g/mol. The van der Waals surface area contributed by atoms with Crippen LogP contribution in [0.1, 0.15) is 44.7 Å². The van der Waals surface area contributed by atoms with Crippen molar-refractivity contribution in [3.63, 3.8) is 0 Å². The molecule has 0 radical (unpaired) electrons. The van der Waals surface area contributed by atoms with Crippen LogP contribution in [0, 0.1) is 23.2 Å². The molecule has 1 aromatic rings. The molecule has 2 amide bonds. The van der Waals surface area contributed by atoms with Crippen molar-refractivity contribution in [3.8, 4) is 6.07 Å². The van der Waals surface area contributed by atoms with E-state index in [9.17, 15) is 14.9 Å². The summed E-state index contributed by atoms with van der Waals surface area (Å²) in [6, 6.07) is 7.25. The third kappa shape index (κ3) is 5.56. The quantitative estimate of drug-likeness (QED) is 0.861. The minimum absolute atomic E-state index is 0.0626. The van der Waals surface area contributed by atoms with E-state index in [1.165, 1.54) is 0 Å². The number of urea groups is 1. The van der Waals surface area contributed by atoms with Crippen molar-refractivity contribution in [1.82, 2.24) is 15.2 Å². The zero-order valence-corrected chi connectivity index (χ0v) is 14.9. The van der Waals surface area contributed by atoms with Crippen molar-refractivity contribution in [2.45, 2.75) is 39.0 Å². The van der Waals surface area contributed by atoms with E-state index in [0.717, 1.165) is 19.4 Å². The molecule has 1 saturated heterocycles. The highest BCUT2D eigenvalue weighted by Crippen LogP contribution is 2.24. The second kappa shape index (κ2) is 9.16. The number of ketones is 1. The Bertz CT molecular complexity index is 624. The Morgan fingerprint density at radius 1 is 1.44 bits per heavy atom. The number of hydrogen-bond donors (Lipinski definition) is 1. The molecule has 1 fully saturated rings. The number of carbonyl (C=O) groups is 2. The number of aromatic nitrogens is 1. The van der Waals surface area contributed by atoms with Gasteiger partial charge in [0.15, 0.2) is 5.78 Å². The summed E-state index contributed by atoms with van der Waals surface area (Å²) >= 11 is 0. The lowest BCUT2D eigenvalue weighted by Gasteiger charge is -2.33. The molecular formula is C19H26N4O2. The van der Waals surface area contributed by atoms with Crippen molar-refractivity contribution >= 4 is 11.8 Å². The summed E-state index contributed by atoms with van der Waals surface area (Å²) in [7, 11) is 0. The molecule has 1 aliphatic heterocycles. The number of hydrogen-bond acceptors (Lipinski definition) is 4. The van der Waals surface area contributed by atoms with Gasteiger partial charge in [0.2, 0.25) is 0 Å². The predicted molar refractivity (Wildman–Crippen MR) is 94.7 cm³/mol. The Morgan fingerprint density at radius 2 is 2.24 bits per heavy atom. The first-order valence-electron chi connectivity index (χ1n) is 8.87. The van der Waals surface area contributed by atoms with Crippen LogP contribution in [-0.2, 0) is 4.79 Å². The number of nitrogens with zero attached hydrogens (tertiary/aromatic N) is 3. The van der Waals surface area contributed by atoms with Crippen LogP contribution < -0.4 is 5.32 Å². The second-order valence-electron chi connectivity index (χ2n) is 7.02. The lowest BCUT2D eigenvalue weighted by Crippen LogP contribution is -2.46. The molecule has 134 valence electrons. The molecule has 25 heavy (non-hydrogen) atoms. The van der Waals surface area contributed by atoms with Gasteiger partial charge < -0.3 is 10.2 Å². The normalized spacial score (nSPS) is 18.5. The fraction of sp³-hybridized carbons (Fsp3) is 0.579. The van der Waals surface area contributed by atoms with Gasteiger partial charge in [0.25, 0.3) is 0 Å². The lowest BCUT2D eigenvalue weighted by molar-refractivity contribution is -0.120. The zero-order valence-electron chi connectivity index (χ0n) is 14.9. The molecule has 6 heteroatoms. The third-order valence-electron chi connectivity index (χ3n) is 4.39. The van der Waals surface area contributed by atoms with E-state index in [1.807, 2.05) is 0 Å². The number of nitriles is 1. The maximum absolute atomic E-state index is 12.6. The van der Waals surface area contributed by atoms with Gasteiger partial charge in [0, 0.05) is 32.3 Å². The van der Waals surface area contributed by atoms with E-state index in [1.54, 1.807) is 29.3 Å². The van der Waals surface area contributed by atoms with Crippen molar-refractivity contribution < 1.29 is 9.59 Å². The molecule has 2 rings (SSSR count). The molecule has 2 atom stereocenters. The maximum atomic E-state index is 12.6. The number of amides is 2. The standard InChI is InChI=1S/C19H26N4O2/c1-14(2)12-22-19(25)23-9-5-6-15(13-23)10-18(24)16(11-20)17-7-3-4-8-21-17/h3-4,7-8,14-16H,5-6,9-10,12-13H2,1-2H3,(H,22,25)/t15-,16-/m1/s1. The van der Waals surface area contributed by atoms with Crippen LogP contribution >= 0.6 is 0 Å². The molecule has 0 saturated carbocycles. The first-order valence-corrected chi connectivity index (χ1v) is 8.87.